The van der Waals surface area contributed by atoms with Gasteiger partial charge in [0.15, 0.2) is 0 Å². The Labute approximate surface area is 137 Å². The number of hydrogen-bond acceptors (Lipinski definition) is 4. The minimum absolute atomic E-state index is 0.0503. The first-order valence-electron chi connectivity index (χ1n) is 8.20. The number of primary amides is 1. The molecule has 1 unspecified atom stereocenters. The van der Waals surface area contributed by atoms with Crippen LogP contribution < -0.4 is 16.4 Å². The number of anilines is 1. The van der Waals surface area contributed by atoms with Crippen LogP contribution in [0.5, 0.6) is 0 Å². The summed E-state index contributed by atoms with van der Waals surface area (Å²) in [5.41, 5.74) is 8.56. The fraction of sp³-hybridized carbons (Fsp3) is 0.529. The van der Waals surface area contributed by atoms with E-state index in [4.69, 9.17) is 5.73 Å². The summed E-state index contributed by atoms with van der Waals surface area (Å²) in [5, 5.41) is 6.12. The lowest BCUT2D eigenvalue weighted by atomic mass is 10.0. The van der Waals surface area contributed by atoms with E-state index in [9.17, 15) is 9.59 Å². The van der Waals surface area contributed by atoms with Gasteiger partial charge in [0, 0.05) is 25.3 Å². The molecule has 6 heteroatoms. The molecular weight excluding hydrogens is 292 g/mol. The van der Waals surface area contributed by atoms with Gasteiger partial charge in [0.1, 0.15) is 0 Å². The fourth-order valence-electron chi connectivity index (χ4n) is 2.93. The molecule has 1 heterocycles. The molecule has 2 amide bonds. The first kappa shape index (κ1) is 17.4. The summed E-state index contributed by atoms with van der Waals surface area (Å²) in [4.78, 5) is 25.6. The lowest BCUT2D eigenvalue weighted by molar-refractivity contribution is -0.123. The quantitative estimate of drug-likeness (QED) is 0.713. The third-order valence-electron chi connectivity index (χ3n) is 4.23. The van der Waals surface area contributed by atoms with E-state index in [0.717, 1.165) is 36.2 Å². The maximum Gasteiger partial charge on any atom is 0.238 e. The maximum atomic E-state index is 12.4. The zero-order chi connectivity index (χ0) is 16.8. The SMILES string of the molecule is CCc1cccc(CC)c1NC(=O)CN1CCNC(C(N)=O)C1. The van der Waals surface area contributed by atoms with Crippen LogP contribution in [0.1, 0.15) is 25.0 Å². The zero-order valence-corrected chi connectivity index (χ0v) is 13.9. The molecule has 1 atom stereocenters. The Kier molecular flexibility index (Phi) is 6.12. The molecule has 1 aliphatic heterocycles. The molecule has 1 aromatic carbocycles. The Morgan fingerprint density at radius 2 is 1.96 bits per heavy atom. The van der Waals surface area contributed by atoms with Crippen molar-refractivity contribution >= 4 is 17.5 Å². The van der Waals surface area contributed by atoms with Gasteiger partial charge < -0.3 is 16.4 Å². The first-order valence-corrected chi connectivity index (χ1v) is 8.20. The molecular formula is C17H26N4O2. The van der Waals surface area contributed by atoms with Crippen LogP contribution in [-0.2, 0) is 22.4 Å². The van der Waals surface area contributed by atoms with Crippen molar-refractivity contribution in [3.05, 3.63) is 29.3 Å². The molecule has 0 saturated carbocycles. The van der Waals surface area contributed by atoms with E-state index in [1.807, 2.05) is 23.1 Å². The second-order valence-corrected chi connectivity index (χ2v) is 5.85. The number of amides is 2. The topological polar surface area (TPSA) is 87.5 Å². The van der Waals surface area contributed by atoms with E-state index in [-0.39, 0.29) is 24.4 Å². The molecule has 0 bridgehead atoms. The lowest BCUT2D eigenvalue weighted by Gasteiger charge is -2.31. The lowest BCUT2D eigenvalue weighted by Crippen LogP contribution is -2.57. The number of nitrogens with two attached hydrogens (primary N) is 1. The van der Waals surface area contributed by atoms with Crippen LogP contribution in [-0.4, -0.2) is 48.9 Å². The number of para-hydroxylation sites is 1. The summed E-state index contributed by atoms with van der Waals surface area (Å²) in [6, 6.07) is 5.73. The zero-order valence-electron chi connectivity index (χ0n) is 13.9. The fourth-order valence-corrected chi connectivity index (χ4v) is 2.93. The van der Waals surface area contributed by atoms with Gasteiger partial charge in [0.2, 0.25) is 11.8 Å². The summed E-state index contributed by atoms with van der Waals surface area (Å²) < 4.78 is 0. The van der Waals surface area contributed by atoms with E-state index >= 15 is 0 Å². The van der Waals surface area contributed by atoms with E-state index < -0.39 is 0 Å². The van der Waals surface area contributed by atoms with Gasteiger partial charge in [-0.15, -0.1) is 0 Å². The first-order chi connectivity index (χ1) is 11.0. The molecule has 126 valence electrons. The summed E-state index contributed by atoms with van der Waals surface area (Å²) >= 11 is 0. The van der Waals surface area contributed by atoms with Crippen molar-refractivity contribution in [2.45, 2.75) is 32.7 Å². The number of carbonyl (C=O) groups is 2. The highest BCUT2D eigenvalue weighted by atomic mass is 16.2. The van der Waals surface area contributed by atoms with Crippen LogP contribution in [0.4, 0.5) is 5.69 Å². The van der Waals surface area contributed by atoms with Crippen molar-refractivity contribution in [3.63, 3.8) is 0 Å². The smallest absolute Gasteiger partial charge is 0.238 e. The monoisotopic (exact) mass is 318 g/mol. The van der Waals surface area contributed by atoms with E-state index in [0.29, 0.717) is 13.1 Å². The van der Waals surface area contributed by atoms with Crippen LogP contribution in [0.2, 0.25) is 0 Å². The molecule has 1 aromatic rings. The molecule has 1 saturated heterocycles. The molecule has 6 nitrogen and oxygen atoms in total. The minimum Gasteiger partial charge on any atom is -0.368 e. The molecule has 0 aliphatic carbocycles. The number of carbonyl (C=O) groups excluding carboxylic acids is 2. The van der Waals surface area contributed by atoms with Gasteiger partial charge in [-0.05, 0) is 24.0 Å². The average molecular weight is 318 g/mol. The van der Waals surface area contributed by atoms with Gasteiger partial charge >= 0.3 is 0 Å². The molecule has 23 heavy (non-hydrogen) atoms. The Balaban J connectivity index is 2.01. The standard InChI is InChI=1S/C17H26N4O2/c1-3-12-6-5-7-13(4-2)16(12)20-15(22)11-21-9-8-19-14(10-21)17(18)23/h5-7,14,19H,3-4,8-11H2,1-2H3,(H2,18,23)(H,20,22). The van der Waals surface area contributed by atoms with Gasteiger partial charge in [-0.3, -0.25) is 14.5 Å². The average Bonchev–Trinajstić information content (AvgIpc) is 2.55. The number of piperazine rings is 1. The number of nitrogens with zero attached hydrogens (tertiary/aromatic N) is 1. The number of benzene rings is 1. The Hall–Kier alpha value is -1.92. The van der Waals surface area contributed by atoms with Gasteiger partial charge in [-0.25, -0.2) is 0 Å². The van der Waals surface area contributed by atoms with Crippen molar-refractivity contribution < 1.29 is 9.59 Å². The highest BCUT2D eigenvalue weighted by Crippen LogP contribution is 2.22. The van der Waals surface area contributed by atoms with Crippen LogP contribution >= 0.6 is 0 Å². The Morgan fingerprint density at radius 1 is 1.30 bits per heavy atom. The van der Waals surface area contributed by atoms with Gasteiger partial charge in [0.25, 0.3) is 0 Å². The van der Waals surface area contributed by atoms with Crippen LogP contribution in [0.3, 0.4) is 0 Å². The minimum atomic E-state index is -0.384. The third kappa shape index (κ3) is 4.53. The van der Waals surface area contributed by atoms with Crippen molar-refractivity contribution in [3.8, 4) is 0 Å². The van der Waals surface area contributed by atoms with Crippen LogP contribution in [0.25, 0.3) is 0 Å². The molecule has 1 aliphatic rings. The number of aryl methyl sites for hydroxylation is 2. The van der Waals surface area contributed by atoms with Crippen molar-refractivity contribution in [1.29, 1.82) is 0 Å². The summed E-state index contributed by atoms with van der Waals surface area (Å²) in [6.07, 6.45) is 1.75. The highest BCUT2D eigenvalue weighted by molar-refractivity contribution is 5.94. The largest absolute Gasteiger partial charge is 0.368 e. The molecule has 0 aromatic heterocycles. The van der Waals surface area contributed by atoms with Crippen molar-refractivity contribution in [2.24, 2.45) is 5.73 Å². The predicted octanol–water partition coefficient (Wildman–Crippen LogP) is 0.509. The Bertz CT molecular complexity index is 551. The molecule has 1 fully saturated rings. The molecule has 0 radical (unpaired) electrons. The summed E-state index contributed by atoms with van der Waals surface area (Å²) in [5.74, 6) is -0.426. The second kappa shape index (κ2) is 8.08. The van der Waals surface area contributed by atoms with E-state index in [1.165, 1.54) is 0 Å². The second-order valence-electron chi connectivity index (χ2n) is 5.85. The predicted molar refractivity (Wildman–Crippen MR) is 91.3 cm³/mol. The molecule has 2 rings (SSSR count). The normalized spacial score (nSPS) is 18.6. The molecule has 0 spiro atoms. The van der Waals surface area contributed by atoms with Crippen molar-refractivity contribution in [2.75, 3.05) is 31.5 Å². The van der Waals surface area contributed by atoms with Crippen LogP contribution in [0.15, 0.2) is 18.2 Å². The van der Waals surface area contributed by atoms with Crippen LogP contribution in [0, 0.1) is 0 Å². The van der Waals surface area contributed by atoms with Gasteiger partial charge in [0.05, 0.1) is 12.6 Å². The van der Waals surface area contributed by atoms with Gasteiger partial charge in [-0.2, -0.15) is 0 Å². The maximum absolute atomic E-state index is 12.4. The van der Waals surface area contributed by atoms with E-state index in [1.54, 1.807) is 0 Å². The Morgan fingerprint density at radius 3 is 2.52 bits per heavy atom. The number of hydrogen-bond donors (Lipinski definition) is 3. The summed E-state index contributed by atoms with van der Waals surface area (Å²) in [6.45, 7) is 6.29. The van der Waals surface area contributed by atoms with E-state index in [2.05, 4.69) is 24.5 Å². The number of rotatable bonds is 6. The van der Waals surface area contributed by atoms with Gasteiger partial charge in [-0.1, -0.05) is 32.0 Å². The third-order valence-corrected chi connectivity index (χ3v) is 4.23. The highest BCUT2D eigenvalue weighted by Gasteiger charge is 2.24. The summed E-state index contributed by atoms with van der Waals surface area (Å²) in [7, 11) is 0. The van der Waals surface area contributed by atoms with Crippen molar-refractivity contribution in [1.82, 2.24) is 10.2 Å². The molecule has 4 N–H and O–H groups in total. The number of nitrogens with one attached hydrogen (secondary N) is 2.